The lowest BCUT2D eigenvalue weighted by Crippen LogP contribution is -2.38. The maximum atomic E-state index is 6.95. The molecule has 0 radical (unpaired) electrons. The highest BCUT2D eigenvalue weighted by Crippen LogP contribution is 2.39. The van der Waals surface area contributed by atoms with E-state index in [9.17, 15) is 0 Å². The molecular weight excluding hydrogens is 258 g/mol. The molecule has 0 saturated carbocycles. The van der Waals surface area contributed by atoms with Crippen LogP contribution in [-0.2, 0) is 18.4 Å². The molecule has 2 heteroatoms. The lowest BCUT2D eigenvalue weighted by molar-refractivity contribution is 0.356. The van der Waals surface area contributed by atoms with Gasteiger partial charge in [0.05, 0.1) is 12.1 Å². The van der Waals surface area contributed by atoms with Gasteiger partial charge in [-0.05, 0) is 53.6 Å². The van der Waals surface area contributed by atoms with Gasteiger partial charge in [0.2, 0.25) is 0 Å². The van der Waals surface area contributed by atoms with Crippen molar-refractivity contribution in [3.8, 4) is 5.75 Å². The Morgan fingerprint density at radius 1 is 0.952 bits per heavy atom. The van der Waals surface area contributed by atoms with Crippen LogP contribution in [0.5, 0.6) is 5.75 Å². The number of aryl methyl sites for hydroxylation is 1. The van der Waals surface area contributed by atoms with Crippen molar-refractivity contribution in [3.05, 3.63) is 64.7 Å². The van der Waals surface area contributed by atoms with E-state index in [0.29, 0.717) is 0 Å². The fraction of sp³-hybridized carbons (Fsp3) is 0.368. The molecule has 1 atom stereocenters. The van der Waals surface area contributed by atoms with Crippen LogP contribution >= 0.6 is 0 Å². The summed E-state index contributed by atoms with van der Waals surface area (Å²) in [5.41, 5.74) is 11.8. The third-order valence-corrected chi connectivity index (χ3v) is 4.97. The van der Waals surface area contributed by atoms with Gasteiger partial charge in [0.1, 0.15) is 5.75 Å². The van der Waals surface area contributed by atoms with E-state index in [2.05, 4.69) is 42.5 Å². The predicted molar refractivity (Wildman–Crippen MR) is 84.6 cm³/mol. The van der Waals surface area contributed by atoms with Gasteiger partial charge in [0.15, 0.2) is 0 Å². The Hall–Kier alpha value is -1.80. The summed E-state index contributed by atoms with van der Waals surface area (Å²) in [6.45, 7) is 0.799. The topological polar surface area (TPSA) is 35.2 Å². The van der Waals surface area contributed by atoms with E-state index < -0.39 is 0 Å². The standard InChI is InChI=1S/C19H21NO/c20-19(16-8-9-18-15(13-16)10-12-21-18)11-4-3-6-14-5-1-2-7-17(14)19/h1-2,5,7-9,13H,3-4,6,10-12,20H2. The van der Waals surface area contributed by atoms with Crippen LogP contribution in [0.2, 0.25) is 0 Å². The van der Waals surface area contributed by atoms with E-state index >= 15 is 0 Å². The number of hydrogen-bond donors (Lipinski definition) is 1. The summed E-state index contributed by atoms with van der Waals surface area (Å²) < 4.78 is 5.63. The zero-order valence-electron chi connectivity index (χ0n) is 12.3. The summed E-state index contributed by atoms with van der Waals surface area (Å²) in [6, 6.07) is 15.2. The first-order chi connectivity index (χ1) is 10.3. The number of ether oxygens (including phenoxy) is 1. The molecule has 1 aliphatic heterocycles. The average molecular weight is 279 g/mol. The van der Waals surface area contributed by atoms with Crippen LogP contribution in [0.15, 0.2) is 42.5 Å². The van der Waals surface area contributed by atoms with Crippen molar-refractivity contribution in [2.24, 2.45) is 5.73 Å². The second-order valence-corrected chi connectivity index (χ2v) is 6.26. The zero-order valence-corrected chi connectivity index (χ0v) is 12.3. The van der Waals surface area contributed by atoms with Crippen molar-refractivity contribution in [1.82, 2.24) is 0 Å². The van der Waals surface area contributed by atoms with Gasteiger partial charge < -0.3 is 10.5 Å². The van der Waals surface area contributed by atoms with E-state index in [-0.39, 0.29) is 5.54 Å². The van der Waals surface area contributed by atoms with Crippen molar-refractivity contribution in [2.45, 2.75) is 37.6 Å². The SMILES string of the molecule is NC1(c2ccc3c(c2)CCO3)CCCCc2ccccc21. The number of nitrogens with two attached hydrogens (primary N) is 1. The van der Waals surface area contributed by atoms with Gasteiger partial charge in [0, 0.05) is 6.42 Å². The van der Waals surface area contributed by atoms with E-state index in [1.807, 2.05) is 0 Å². The molecule has 0 aromatic heterocycles. The minimum absolute atomic E-state index is 0.356. The van der Waals surface area contributed by atoms with Crippen molar-refractivity contribution < 1.29 is 4.74 Å². The predicted octanol–water partition coefficient (Wildman–Crippen LogP) is 3.55. The van der Waals surface area contributed by atoms with Crippen LogP contribution in [0.4, 0.5) is 0 Å². The molecule has 0 bridgehead atoms. The lowest BCUT2D eigenvalue weighted by Gasteiger charge is -2.31. The second-order valence-electron chi connectivity index (χ2n) is 6.26. The van der Waals surface area contributed by atoms with Gasteiger partial charge in [0.25, 0.3) is 0 Å². The fourth-order valence-electron chi connectivity index (χ4n) is 3.79. The van der Waals surface area contributed by atoms with Gasteiger partial charge >= 0.3 is 0 Å². The lowest BCUT2D eigenvalue weighted by atomic mass is 9.79. The maximum absolute atomic E-state index is 6.95. The molecule has 2 aromatic carbocycles. The molecule has 1 aliphatic carbocycles. The first kappa shape index (κ1) is 12.9. The van der Waals surface area contributed by atoms with Gasteiger partial charge in [-0.3, -0.25) is 0 Å². The molecule has 0 spiro atoms. The van der Waals surface area contributed by atoms with Crippen LogP contribution in [0.3, 0.4) is 0 Å². The summed E-state index contributed by atoms with van der Waals surface area (Å²) in [5.74, 6) is 1.03. The van der Waals surface area contributed by atoms with Gasteiger partial charge in [-0.25, -0.2) is 0 Å². The third-order valence-electron chi connectivity index (χ3n) is 4.97. The molecule has 108 valence electrons. The Balaban J connectivity index is 1.86. The largest absolute Gasteiger partial charge is 0.493 e. The van der Waals surface area contributed by atoms with Crippen molar-refractivity contribution in [3.63, 3.8) is 0 Å². The molecule has 2 N–H and O–H groups in total. The summed E-state index contributed by atoms with van der Waals surface area (Å²) in [7, 11) is 0. The van der Waals surface area contributed by atoms with Crippen LogP contribution in [0.25, 0.3) is 0 Å². The molecule has 1 heterocycles. The normalized spacial score (nSPS) is 23.9. The highest BCUT2D eigenvalue weighted by Gasteiger charge is 2.33. The Bertz CT molecular complexity index is 679. The van der Waals surface area contributed by atoms with E-state index in [0.717, 1.165) is 31.6 Å². The molecule has 4 rings (SSSR count). The molecule has 1 unspecified atom stereocenters. The Labute approximate surface area is 125 Å². The second kappa shape index (κ2) is 4.88. The Kier molecular flexibility index (Phi) is 3.00. The zero-order chi connectivity index (χ0) is 14.3. The van der Waals surface area contributed by atoms with E-state index in [4.69, 9.17) is 10.5 Å². The van der Waals surface area contributed by atoms with Gasteiger partial charge in [-0.15, -0.1) is 0 Å². The third kappa shape index (κ3) is 2.06. The molecule has 0 saturated heterocycles. The smallest absolute Gasteiger partial charge is 0.122 e. The molecule has 2 nitrogen and oxygen atoms in total. The quantitative estimate of drug-likeness (QED) is 0.810. The molecule has 21 heavy (non-hydrogen) atoms. The minimum atomic E-state index is -0.356. The summed E-state index contributed by atoms with van der Waals surface area (Å²) in [5, 5.41) is 0. The molecule has 0 amide bonds. The number of rotatable bonds is 1. The highest BCUT2D eigenvalue weighted by atomic mass is 16.5. The minimum Gasteiger partial charge on any atom is -0.493 e. The van der Waals surface area contributed by atoms with Crippen molar-refractivity contribution in [2.75, 3.05) is 6.61 Å². The van der Waals surface area contributed by atoms with Gasteiger partial charge in [-0.2, -0.15) is 0 Å². The van der Waals surface area contributed by atoms with Crippen LogP contribution < -0.4 is 10.5 Å². The summed E-state index contributed by atoms with van der Waals surface area (Å²) >= 11 is 0. The monoisotopic (exact) mass is 279 g/mol. The van der Waals surface area contributed by atoms with Crippen molar-refractivity contribution in [1.29, 1.82) is 0 Å². The molecular formula is C19H21NO. The molecule has 2 aromatic rings. The van der Waals surface area contributed by atoms with Crippen LogP contribution in [0, 0.1) is 0 Å². The molecule has 0 fully saturated rings. The average Bonchev–Trinajstić information content (AvgIpc) is 2.92. The van der Waals surface area contributed by atoms with E-state index in [1.54, 1.807) is 0 Å². The summed E-state index contributed by atoms with van der Waals surface area (Å²) in [4.78, 5) is 0. The van der Waals surface area contributed by atoms with Gasteiger partial charge in [-0.1, -0.05) is 36.8 Å². The number of hydrogen-bond acceptors (Lipinski definition) is 2. The fourth-order valence-corrected chi connectivity index (χ4v) is 3.79. The first-order valence-corrected chi connectivity index (χ1v) is 7.91. The number of benzene rings is 2. The van der Waals surface area contributed by atoms with Crippen LogP contribution in [-0.4, -0.2) is 6.61 Å². The van der Waals surface area contributed by atoms with E-state index in [1.165, 1.54) is 35.1 Å². The Morgan fingerprint density at radius 3 is 2.81 bits per heavy atom. The highest BCUT2D eigenvalue weighted by molar-refractivity contribution is 5.48. The Morgan fingerprint density at radius 2 is 1.86 bits per heavy atom. The number of fused-ring (bicyclic) bond motifs is 2. The summed E-state index contributed by atoms with van der Waals surface area (Å²) in [6.07, 6.45) is 5.57. The maximum Gasteiger partial charge on any atom is 0.122 e. The van der Waals surface area contributed by atoms with Crippen molar-refractivity contribution >= 4 is 0 Å². The van der Waals surface area contributed by atoms with Crippen LogP contribution in [0.1, 0.15) is 41.5 Å². The first-order valence-electron chi connectivity index (χ1n) is 7.91. The molecule has 2 aliphatic rings.